The second-order valence-electron chi connectivity index (χ2n) is 0. The van der Waals surface area contributed by atoms with Crippen molar-refractivity contribution in [2.45, 2.75) is 0 Å². The van der Waals surface area contributed by atoms with E-state index in [4.69, 9.17) is 0 Å². The quantitative estimate of drug-likeness (QED) is 0.407. The van der Waals surface area contributed by atoms with E-state index in [0.717, 1.165) is 0 Å². The van der Waals surface area contributed by atoms with Crippen LogP contribution in [0.4, 0.5) is 0 Å². The summed E-state index contributed by atoms with van der Waals surface area (Å²) in [5.41, 5.74) is 0. The second kappa shape index (κ2) is 16.9. The molecule has 0 saturated carbocycles. The first-order chi connectivity index (χ1) is 0. The predicted octanol–water partition coefficient (Wildman–Crippen LogP) is -3.12. The molecular formula is LaLiOY+5. The minimum Gasteiger partial charge on any atom is -2.00 e. The molecule has 4 heteroatoms. The Morgan fingerprint density at radius 3 is 1.00 bits per heavy atom. The van der Waals surface area contributed by atoms with Crippen LogP contribution in [0.25, 0.3) is 0 Å². The molecule has 0 amide bonds. The maximum Gasteiger partial charge on any atom is 3.00 e. The molecule has 0 aliphatic heterocycles. The Balaban J connectivity index is 0. The van der Waals surface area contributed by atoms with Crippen LogP contribution in [0.2, 0.25) is 0 Å². The molecule has 0 atom stereocenters. The van der Waals surface area contributed by atoms with Gasteiger partial charge in [-0.3, -0.25) is 0 Å². The van der Waals surface area contributed by atoms with E-state index < -0.39 is 0 Å². The van der Waals surface area contributed by atoms with Gasteiger partial charge in [-0.05, 0) is 0 Å². The summed E-state index contributed by atoms with van der Waals surface area (Å²) >= 11 is 0. The van der Waals surface area contributed by atoms with Crippen molar-refractivity contribution in [3.63, 3.8) is 0 Å². The summed E-state index contributed by atoms with van der Waals surface area (Å²) in [6, 6.07) is 0. The topological polar surface area (TPSA) is 28.5 Å². The van der Waals surface area contributed by atoms with E-state index in [1.807, 2.05) is 0 Å². The van der Waals surface area contributed by atoms with Crippen molar-refractivity contribution in [3.8, 4) is 0 Å². The summed E-state index contributed by atoms with van der Waals surface area (Å²) in [6.45, 7) is 0. The van der Waals surface area contributed by atoms with Crippen molar-refractivity contribution >= 4 is 0 Å². The molecule has 8 valence electrons. The van der Waals surface area contributed by atoms with Gasteiger partial charge < -0.3 is 5.48 Å². The minimum absolute atomic E-state index is 0. The molecule has 0 saturated heterocycles. The molecule has 0 N–H and O–H groups in total. The van der Waals surface area contributed by atoms with Crippen molar-refractivity contribution in [2.75, 3.05) is 0 Å². The van der Waals surface area contributed by atoms with Gasteiger partial charge in [0.05, 0.1) is 0 Å². The Kier molecular flexibility index (Phi) is 122. The van der Waals surface area contributed by atoms with Crippen molar-refractivity contribution in [1.29, 1.82) is 0 Å². The summed E-state index contributed by atoms with van der Waals surface area (Å²) < 4.78 is 0. The SMILES string of the molecule is [La+3].[Li+].[O-2].[Y+3]. The van der Waals surface area contributed by atoms with Gasteiger partial charge in [-0.25, -0.2) is 0 Å². The first-order valence-corrected chi connectivity index (χ1v) is 0. The van der Waals surface area contributed by atoms with E-state index in [-0.39, 0.29) is 92.6 Å². The fourth-order valence-corrected chi connectivity index (χ4v) is 0. The van der Waals surface area contributed by atoms with Crippen LogP contribution in [0, 0.1) is 35.6 Å². The van der Waals surface area contributed by atoms with Crippen LogP contribution in [-0.4, -0.2) is 0 Å². The number of hydrogen-bond acceptors (Lipinski definition) is 0. The molecule has 0 bridgehead atoms. The molecule has 4 heavy (non-hydrogen) atoms. The van der Waals surface area contributed by atoms with Gasteiger partial charge in [0.25, 0.3) is 0 Å². The molecule has 0 aliphatic rings. The summed E-state index contributed by atoms with van der Waals surface area (Å²) in [7, 11) is 0. The molecule has 0 aromatic heterocycles. The van der Waals surface area contributed by atoms with E-state index in [1.54, 1.807) is 0 Å². The third kappa shape index (κ3) is 8.85. The molecule has 0 radical (unpaired) electrons. The zero-order valence-corrected chi connectivity index (χ0v) is 9.03. The van der Waals surface area contributed by atoms with Crippen LogP contribution < -0.4 is 18.9 Å². The largest absolute Gasteiger partial charge is 3.00 e. The van der Waals surface area contributed by atoms with E-state index in [1.165, 1.54) is 0 Å². The van der Waals surface area contributed by atoms with Crippen LogP contribution >= 0.6 is 0 Å². The van der Waals surface area contributed by atoms with Gasteiger partial charge in [0.2, 0.25) is 0 Å². The summed E-state index contributed by atoms with van der Waals surface area (Å²) in [5.74, 6) is 0. The first-order valence-electron chi connectivity index (χ1n) is 0. The smallest absolute Gasteiger partial charge is 2.00 e. The fraction of sp³-hybridized carbons (Fsp3) is 0. The zero-order chi connectivity index (χ0) is 0. The minimum atomic E-state index is 0. The molecule has 0 aromatic rings. The van der Waals surface area contributed by atoms with Crippen LogP contribution in [0.3, 0.4) is 0 Å². The van der Waals surface area contributed by atoms with E-state index >= 15 is 0 Å². The maximum absolute atomic E-state index is 0. The standard InChI is InChI=1S/La.Li.O.Y/q+3;+1;-2;+3. The Bertz CT molecular complexity index is 8.00. The maximum atomic E-state index is 0. The fourth-order valence-electron chi connectivity index (χ4n) is 0. The first kappa shape index (κ1) is 28.8. The monoisotopic (exact) mass is 251 g/mol. The summed E-state index contributed by atoms with van der Waals surface area (Å²) in [6.07, 6.45) is 0. The summed E-state index contributed by atoms with van der Waals surface area (Å²) in [4.78, 5) is 0. The second-order valence-corrected chi connectivity index (χ2v) is 0. The molecular weight excluding hydrogens is 251 g/mol. The van der Waals surface area contributed by atoms with Crippen molar-refractivity contribution in [2.24, 2.45) is 0 Å². The normalized spacial score (nSPS) is 0. The van der Waals surface area contributed by atoms with Crippen molar-refractivity contribution < 1.29 is 92.6 Å². The molecule has 0 rings (SSSR count). The summed E-state index contributed by atoms with van der Waals surface area (Å²) in [5, 5.41) is 0. The zero-order valence-electron chi connectivity index (χ0n) is 2.56. The Morgan fingerprint density at radius 1 is 1.00 bits per heavy atom. The van der Waals surface area contributed by atoms with Crippen LogP contribution in [0.1, 0.15) is 0 Å². The number of rotatable bonds is 0. The van der Waals surface area contributed by atoms with Crippen molar-refractivity contribution in [1.82, 2.24) is 0 Å². The molecule has 0 aromatic carbocycles. The van der Waals surface area contributed by atoms with Gasteiger partial charge >= 0.3 is 87.2 Å². The van der Waals surface area contributed by atoms with Gasteiger partial charge in [-0.15, -0.1) is 0 Å². The third-order valence-electron chi connectivity index (χ3n) is 0. The van der Waals surface area contributed by atoms with E-state index in [0.29, 0.717) is 0 Å². The predicted molar refractivity (Wildman–Crippen MR) is 0.686 cm³/mol. The van der Waals surface area contributed by atoms with Crippen LogP contribution in [0.5, 0.6) is 0 Å². The Hall–Kier alpha value is 2.86. The average Bonchev–Trinajstić information content (AvgIpc) is 0. The van der Waals surface area contributed by atoms with Crippen LogP contribution in [0.15, 0.2) is 0 Å². The molecule has 0 unspecified atom stereocenters. The molecule has 0 fully saturated rings. The van der Waals surface area contributed by atoms with Gasteiger partial charge in [0.1, 0.15) is 0 Å². The van der Waals surface area contributed by atoms with Gasteiger partial charge in [-0.1, -0.05) is 0 Å². The molecule has 0 aliphatic carbocycles. The average molecular weight is 251 g/mol. The number of hydrogen-bond donors (Lipinski definition) is 0. The molecule has 0 heterocycles. The van der Waals surface area contributed by atoms with E-state index in [2.05, 4.69) is 0 Å². The Morgan fingerprint density at radius 2 is 1.00 bits per heavy atom. The third-order valence-corrected chi connectivity index (χ3v) is 0. The van der Waals surface area contributed by atoms with Gasteiger partial charge in [0.15, 0.2) is 0 Å². The Labute approximate surface area is 90.6 Å². The molecule has 0 spiro atoms. The van der Waals surface area contributed by atoms with Gasteiger partial charge in [-0.2, -0.15) is 0 Å². The van der Waals surface area contributed by atoms with Crippen LogP contribution in [-0.2, 0) is 38.2 Å². The molecule has 1 nitrogen and oxygen atoms in total. The van der Waals surface area contributed by atoms with Gasteiger partial charge in [0, 0.05) is 0 Å². The van der Waals surface area contributed by atoms with Crippen molar-refractivity contribution in [3.05, 3.63) is 0 Å². The van der Waals surface area contributed by atoms with E-state index in [9.17, 15) is 0 Å².